The SMILES string of the molecule is Clc1cc(NC2CCCSC2)ccn1. The number of rotatable bonds is 2. The average molecular weight is 229 g/mol. The quantitative estimate of drug-likeness (QED) is 0.788. The zero-order valence-corrected chi connectivity index (χ0v) is 9.44. The molecule has 0 aromatic carbocycles. The molecule has 1 aromatic rings. The zero-order chi connectivity index (χ0) is 9.80. The van der Waals surface area contributed by atoms with Gasteiger partial charge >= 0.3 is 0 Å². The van der Waals surface area contributed by atoms with Crippen LogP contribution in [0.2, 0.25) is 5.15 Å². The number of hydrogen-bond donors (Lipinski definition) is 1. The molecule has 2 rings (SSSR count). The van der Waals surface area contributed by atoms with Crippen molar-refractivity contribution >= 4 is 29.1 Å². The lowest BCUT2D eigenvalue weighted by molar-refractivity contribution is 0.685. The predicted octanol–water partition coefficient (Wildman–Crippen LogP) is 3.04. The summed E-state index contributed by atoms with van der Waals surface area (Å²) in [5.41, 5.74) is 1.08. The summed E-state index contributed by atoms with van der Waals surface area (Å²) in [4.78, 5) is 3.95. The fourth-order valence-corrected chi connectivity index (χ4v) is 2.83. The third-order valence-corrected chi connectivity index (χ3v) is 3.68. The number of nitrogens with zero attached hydrogens (tertiary/aromatic N) is 1. The van der Waals surface area contributed by atoms with E-state index in [4.69, 9.17) is 11.6 Å². The summed E-state index contributed by atoms with van der Waals surface area (Å²) in [6.45, 7) is 0. The van der Waals surface area contributed by atoms with E-state index in [1.54, 1.807) is 6.20 Å². The first kappa shape index (κ1) is 10.1. The van der Waals surface area contributed by atoms with Crippen LogP contribution in [0.15, 0.2) is 18.3 Å². The summed E-state index contributed by atoms with van der Waals surface area (Å²) in [5, 5.41) is 4.03. The van der Waals surface area contributed by atoms with Crippen molar-refractivity contribution < 1.29 is 0 Å². The van der Waals surface area contributed by atoms with Crippen LogP contribution in [0.25, 0.3) is 0 Å². The molecule has 2 nitrogen and oxygen atoms in total. The van der Waals surface area contributed by atoms with Crippen LogP contribution in [0.1, 0.15) is 12.8 Å². The second-order valence-electron chi connectivity index (χ2n) is 3.43. The Labute approximate surface area is 93.4 Å². The van der Waals surface area contributed by atoms with Gasteiger partial charge in [-0.15, -0.1) is 0 Å². The number of pyridine rings is 1. The van der Waals surface area contributed by atoms with Gasteiger partial charge in [-0.05, 0) is 30.7 Å². The number of aromatic nitrogens is 1. The van der Waals surface area contributed by atoms with E-state index in [2.05, 4.69) is 10.3 Å². The molecule has 1 N–H and O–H groups in total. The molecule has 4 heteroatoms. The summed E-state index contributed by atoms with van der Waals surface area (Å²) in [6.07, 6.45) is 4.30. The topological polar surface area (TPSA) is 24.9 Å². The summed E-state index contributed by atoms with van der Waals surface area (Å²) >= 11 is 7.82. The molecule has 1 aromatic heterocycles. The Hall–Kier alpha value is -0.410. The molecule has 0 bridgehead atoms. The van der Waals surface area contributed by atoms with Gasteiger partial charge < -0.3 is 5.32 Å². The van der Waals surface area contributed by atoms with Crippen molar-refractivity contribution in [1.29, 1.82) is 0 Å². The molecule has 76 valence electrons. The van der Waals surface area contributed by atoms with Crippen LogP contribution in [0.3, 0.4) is 0 Å². The summed E-state index contributed by atoms with van der Waals surface area (Å²) < 4.78 is 0. The van der Waals surface area contributed by atoms with Crippen molar-refractivity contribution in [3.63, 3.8) is 0 Å². The van der Waals surface area contributed by atoms with E-state index in [1.807, 2.05) is 23.9 Å². The lowest BCUT2D eigenvalue weighted by Crippen LogP contribution is -2.25. The van der Waals surface area contributed by atoms with Gasteiger partial charge in [-0.25, -0.2) is 4.98 Å². The fraction of sp³-hybridized carbons (Fsp3) is 0.500. The first-order valence-corrected chi connectivity index (χ1v) is 6.34. The Morgan fingerprint density at radius 1 is 1.57 bits per heavy atom. The van der Waals surface area contributed by atoms with Crippen molar-refractivity contribution in [3.05, 3.63) is 23.5 Å². The normalized spacial score (nSPS) is 21.9. The Morgan fingerprint density at radius 2 is 2.50 bits per heavy atom. The minimum absolute atomic E-state index is 0.554. The van der Waals surface area contributed by atoms with Gasteiger partial charge in [0.1, 0.15) is 5.15 Å². The number of anilines is 1. The van der Waals surface area contributed by atoms with Gasteiger partial charge in [-0.3, -0.25) is 0 Å². The molecule has 0 aliphatic carbocycles. The minimum Gasteiger partial charge on any atom is -0.381 e. The molecule has 0 amide bonds. The Kier molecular flexibility index (Phi) is 3.54. The largest absolute Gasteiger partial charge is 0.381 e. The molecule has 0 saturated carbocycles. The molecule has 1 fully saturated rings. The molecule has 14 heavy (non-hydrogen) atoms. The highest BCUT2D eigenvalue weighted by Crippen LogP contribution is 2.21. The molecule has 1 atom stereocenters. The molecule has 1 aliphatic rings. The van der Waals surface area contributed by atoms with Crippen LogP contribution in [0, 0.1) is 0 Å². The molecule has 2 heterocycles. The highest BCUT2D eigenvalue weighted by Gasteiger charge is 2.13. The first-order chi connectivity index (χ1) is 6.84. The van der Waals surface area contributed by atoms with Crippen LogP contribution < -0.4 is 5.32 Å². The van der Waals surface area contributed by atoms with Crippen molar-refractivity contribution in [2.45, 2.75) is 18.9 Å². The Bertz CT molecular complexity index is 300. The van der Waals surface area contributed by atoms with Crippen molar-refractivity contribution in [2.24, 2.45) is 0 Å². The lowest BCUT2D eigenvalue weighted by atomic mass is 10.2. The van der Waals surface area contributed by atoms with Crippen molar-refractivity contribution in [2.75, 3.05) is 16.8 Å². The maximum Gasteiger partial charge on any atom is 0.131 e. The predicted molar refractivity (Wildman–Crippen MR) is 63.2 cm³/mol. The maximum atomic E-state index is 5.81. The van der Waals surface area contributed by atoms with Crippen LogP contribution >= 0.6 is 23.4 Å². The molecule has 0 spiro atoms. The highest BCUT2D eigenvalue weighted by molar-refractivity contribution is 7.99. The number of halogens is 1. The van der Waals surface area contributed by atoms with Crippen molar-refractivity contribution in [1.82, 2.24) is 4.98 Å². The van der Waals surface area contributed by atoms with E-state index in [0.29, 0.717) is 11.2 Å². The van der Waals surface area contributed by atoms with E-state index < -0.39 is 0 Å². The van der Waals surface area contributed by atoms with Gasteiger partial charge in [0.2, 0.25) is 0 Å². The molecular weight excluding hydrogens is 216 g/mol. The third-order valence-electron chi connectivity index (χ3n) is 2.26. The highest BCUT2D eigenvalue weighted by atomic mass is 35.5. The van der Waals surface area contributed by atoms with Gasteiger partial charge in [0, 0.05) is 23.7 Å². The number of thioether (sulfide) groups is 1. The smallest absolute Gasteiger partial charge is 0.131 e. The number of nitrogens with one attached hydrogen (secondary N) is 1. The summed E-state index contributed by atoms with van der Waals surface area (Å²) in [7, 11) is 0. The van der Waals surface area contributed by atoms with Gasteiger partial charge in [-0.1, -0.05) is 11.6 Å². The summed E-state index contributed by atoms with van der Waals surface area (Å²) in [6, 6.07) is 4.43. The van der Waals surface area contributed by atoms with Crippen LogP contribution in [-0.2, 0) is 0 Å². The average Bonchev–Trinajstić information content (AvgIpc) is 2.19. The van der Waals surface area contributed by atoms with Gasteiger partial charge in [0.25, 0.3) is 0 Å². The van der Waals surface area contributed by atoms with Gasteiger partial charge in [0.05, 0.1) is 0 Å². The van der Waals surface area contributed by atoms with E-state index in [9.17, 15) is 0 Å². The maximum absolute atomic E-state index is 5.81. The molecular formula is C10H13ClN2S. The van der Waals surface area contributed by atoms with Gasteiger partial charge in [-0.2, -0.15) is 11.8 Å². The number of hydrogen-bond acceptors (Lipinski definition) is 3. The fourth-order valence-electron chi connectivity index (χ4n) is 1.58. The molecule has 1 unspecified atom stereocenters. The van der Waals surface area contributed by atoms with Crippen LogP contribution in [0.4, 0.5) is 5.69 Å². The van der Waals surface area contributed by atoms with E-state index in [-0.39, 0.29) is 0 Å². The van der Waals surface area contributed by atoms with E-state index >= 15 is 0 Å². The van der Waals surface area contributed by atoms with E-state index in [1.165, 1.54) is 24.3 Å². The first-order valence-electron chi connectivity index (χ1n) is 4.80. The zero-order valence-electron chi connectivity index (χ0n) is 7.87. The van der Waals surface area contributed by atoms with Crippen LogP contribution in [-0.4, -0.2) is 22.5 Å². The minimum atomic E-state index is 0.554. The van der Waals surface area contributed by atoms with E-state index in [0.717, 1.165) is 5.69 Å². The molecule has 0 radical (unpaired) electrons. The Balaban J connectivity index is 1.95. The lowest BCUT2D eigenvalue weighted by Gasteiger charge is -2.23. The molecule has 1 saturated heterocycles. The van der Waals surface area contributed by atoms with Crippen molar-refractivity contribution in [3.8, 4) is 0 Å². The second-order valence-corrected chi connectivity index (χ2v) is 4.96. The summed E-state index contributed by atoms with van der Waals surface area (Å²) in [5.74, 6) is 2.50. The second kappa shape index (κ2) is 4.89. The standard InChI is InChI=1S/C10H13ClN2S/c11-10-6-8(3-4-12-10)13-9-2-1-5-14-7-9/h3-4,6,9H,1-2,5,7H2,(H,12,13). The third kappa shape index (κ3) is 2.79. The monoisotopic (exact) mass is 228 g/mol. The Morgan fingerprint density at radius 3 is 3.21 bits per heavy atom. The van der Waals surface area contributed by atoms with Gasteiger partial charge in [0.15, 0.2) is 0 Å². The van der Waals surface area contributed by atoms with Crippen LogP contribution in [0.5, 0.6) is 0 Å². The molecule has 1 aliphatic heterocycles.